The molecule has 0 aliphatic carbocycles. The molecule has 0 fully saturated rings. The van der Waals surface area contributed by atoms with E-state index in [1.54, 1.807) is 25.1 Å². The molecule has 0 N–H and O–H groups in total. The molecule has 0 radical (unpaired) electrons. The molecule has 0 aliphatic heterocycles. The van der Waals surface area contributed by atoms with Crippen molar-refractivity contribution in [2.45, 2.75) is 45.4 Å². The molecular formula is C27H30FNO3. The third-order valence-electron chi connectivity index (χ3n) is 4.83. The minimum absolute atomic E-state index is 0.314. The predicted molar refractivity (Wildman–Crippen MR) is 126 cm³/mol. The molecular weight excluding hydrogens is 405 g/mol. The normalized spacial score (nSPS) is 11.0. The Morgan fingerprint density at radius 3 is 2.16 bits per heavy atom. The average molecular weight is 436 g/mol. The third-order valence-corrected chi connectivity index (χ3v) is 4.83. The van der Waals surface area contributed by atoms with Crippen molar-refractivity contribution in [2.75, 3.05) is 13.2 Å². The highest BCUT2D eigenvalue weighted by Gasteiger charge is 2.03. The SMILES string of the molecule is [C-]#[N+]/C(=C\c1ccc(OCCCCCCCCOC(=O)C(=C)C)cc1)c1ccc(F)cc1. The highest BCUT2D eigenvalue weighted by molar-refractivity contribution is 5.87. The fourth-order valence-corrected chi connectivity index (χ4v) is 3.01. The van der Waals surface area contributed by atoms with Gasteiger partial charge in [0.2, 0.25) is 0 Å². The van der Waals surface area contributed by atoms with E-state index < -0.39 is 0 Å². The van der Waals surface area contributed by atoms with Gasteiger partial charge in [0.15, 0.2) is 5.70 Å². The Kier molecular flexibility index (Phi) is 10.7. The lowest BCUT2D eigenvalue weighted by molar-refractivity contribution is -0.139. The summed E-state index contributed by atoms with van der Waals surface area (Å²) in [6.07, 6.45) is 8.03. The Labute approximate surface area is 190 Å². The topological polar surface area (TPSA) is 39.9 Å². The maximum atomic E-state index is 13.1. The fraction of sp³-hybridized carbons (Fsp3) is 0.333. The predicted octanol–water partition coefficient (Wildman–Crippen LogP) is 7.08. The molecule has 0 unspecified atom stereocenters. The van der Waals surface area contributed by atoms with Gasteiger partial charge in [-0.3, -0.25) is 0 Å². The van der Waals surface area contributed by atoms with Gasteiger partial charge < -0.3 is 9.47 Å². The second-order valence-electron chi connectivity index (χ2n) is 7.60. The van der Waals surface area contributed by atoms with Crippen LogP contribution in [0.2, 0.25) is 0 Å². The lowest BCUT2D eigenvalue weighted by Gasteiger charge is -2.07. The Hall–Kier alpha value is -3.39. The molecule has 168 valence electrons. The van der Waals surface area contributed by atoms with Crippen LogP contribution in [0, 0.1) is 12.4 Å². The smallest absolute Gasteiger partial charge is 0.333 e. The summed E-state index contributed by atoms with van der Waals surface area (Å²) in [6, 6.07) is 13.5. The number of unbranched alkanes of at least 4 members (excludes halogenated alkanes) is 5. The molecule has 0 atom stereocenters. The van der Waals surface area contributed by atoms with Gasteiger partial charge >= 0.3 is 5.97 Å². The van der Waals surface area contributed by atoms with Crippen LogP contribution >= 0.6 is 0 Å². The summed E-state index contributed by atoms with van der Waals surface area (Å²) in [5.41, 5.74) is 2.48. The Morgan fingerprint density at radius 1 is 0.969 bits per heavy atom. The van der Waals surface area contributed by atoms with Crippen molar-refractivity contribution in [3.63, 3.8) is 0 Å². The van der Waals surface area contributed by atoms with Gasteiger partial charge in [-0.2, -0.15) is 0 Å². The van der Waals surface area contributed by atoms with Gasteiger partial charge in [0.1, 0.15) is 11.6 Å². The molecule has 0 heterocycles. The number of ether oxygens (including phenoxy) is 2. The van der Waals surface area contributed by atoms with Crippen molar-refractivity contribution in [3.8, 4) is 5.75 Å². The summed E-state index contributed by atoms with van der Waals surface area (Å²) in [5.74, 6) is 0.166. The standard InChI is InChI=1S/C27H30FNO3/c1-21(2)27(30)32-19-9-7-5-4-6-8-18-31-25-16-10-22(11-17-25)20-26(29-3)23-12-14-24(28)15-13-23/h10-17,20H,1,4-9,18-19H2,2H3/b26-20-. The molecule has 0 spiro atoms. The largest absolute Gasteiger partial charge is 0.494 e. The highest BCUT2D eigenvalue weighted by Crippen LogP contribution is 2.22. The number of hydrogen-bond donors (Lipinski definition) is 0. The minimum atomic E-state index is -0.318. The van der Waals surface area contributed by atoms with Crippen LogP contribution in [0.1, 0.15) is 56.6 Å². The van der Waals surface area contributed by atoms with Gasteiger partial charge in [-0.05, 0) is 61.2 Å². The van der Waals surface area contributed by atoms with E-state index >= 15 is 0 Å². The van der Waals surface area contributed by atoms with Crippen molar-refractivity contribution in [3.05, 3.63) is 89.0 Å². The number of rotatable bonds is 13. The van der Waals surface area contributed by atoms with E-state index in [2.05, 4.69) is 11.4 Å². The summed E-state index contributed by atoms with van der Waals surface area (Å²) in [7, 11) is 0. The summed E-state index contributed by atoms with van der Waals surface area (Å²) >= 11 is 0. The van der Waals surface area contributed by atoms with Gasteiger partial charge in [0.05, 0.1) is 19.8 Å². The molecule has 0 aromatic heterocycles. The highest BCUT2D eigenvalue weighted by atomic mass is 19.1. The second kappa shape index (κ2) is 13.8. The lowest BCUT2D eigenvalue weighted by Crippen LogP contribution is -2.06. The van der Waals surface area contributed by atoms with Crippen LogP contribution in [0.4, 0.5) is 4.39 Å². The number of carbonyl (C=O) groups excluding carboxylic acids is 1. The van der Waals surface area contributed by atoms with E-state index in [0.717, 1.165) is 49.8 Å². The van der Waals surface area contributed by atoms with E-state index in [-0.39, 0.29) is 11.8 Å². The zero-order valence-corrected chi connectivity index (χ0v) is 18.6. The van der Waals surface area contributed by atoms with E-state index in [1.807, 2.05) is 24.3 Å². The Balaban J connectivity index is 1.63. The fourth-order valence-electron chi connectivity index (χ4n) is 3.01. The zero-order valence-electron chi connectivity index (χ0n) is 18.6. The van der Waals surface area contributed by atoms with Crippen molar-refractivity contribution in [1.29, 1.82) is 0 Å². The Bertz CT molecular complexity index is 940. The number of halogens is 1. The molecule has 0 saturated carbocycles. The van der Waals surface area contributed by atoms with Crippen molar-refractivity contribution in [1.82, 2.24) is 0 Å². The molecule has 2 aromatic rings. The minimum Gasteiger partial charge on any atom is -0.494 e. The average Bonchev–Trinajstić information content (AvgIpc) is 2.80. The van der Waals surface area contributed by atoms with E-state index in [4.69, 9.17) is 16.0 Å². The van der Waals surface area contributed by atoms with Crippen LogP contribution in [-0.4, -0.2) is 19.2 Å². The number of carbonyl (C=O) groups is 1. The van der Waals surface area contributed by atoms with Crippen LogP contribution in [0.15, 0.2) is 60.7 Å². The molecule has 2 rings (SSSR count). The molecule has 0 amide bonds. The van der Waals surface area contributed by atoms with Crippen molar-refractivity contribution >= 4 is 17.7 Å². The van der Waals surface area contributed by atoms with Crippen LogP contribution in [0.25, 0.3) is 16.6 Å². The molecule has 0 aliphatic rings. The van der Waals surface area contributed by atoms with Crippen LogP contribution in [-0.2, 0) is 9.53 Å². The Morgan fingerprint density at radius 2 is 1.56 bits per heavy atom. The summed E-state index contributed by atoms with van der Waals surface area (Å²) in [4.78, 5) is 14.8. The van der Waals surface area contributed by atoms with Gasteiger partial charge in [-0.15, -0.1) is 0 Å². The third kappa shape index (κ3) is 9.18. The summed E-state index contributed by atoms with van der Waals surface area (Å²) < 4.78 is 23.9. The first-order valence-electron chi connectivity index (χ1n) is 10.9. The first-order chi connectivity index (χ1) is 15.5. The molecule has 0 bridgehead atoms. The van der Waals surface area contributed by atoms with Crippen molar-refractivity contribution in [2.24, 2.45) is 0 Å². The molecule has 4 nitrogen and oxygen atoms in total. The number of hydrogen-bond acceptors (Lipinski definition) is 3. The van der Waals surface area contributed by atoms with Crippen LogP contribution in [0.5, 0.6) is 5.75 Å². The molecule has 2 aromatic carbocycles. The van der Waals surface area contributed by atoms with Gasteiger partial charge in [0, 0.05) is 5.57 Å². The quantitative estimate of drug-likeness (QED) is 0.111. The monoisotopic (exact) mass is 435 g/mol. The van der Waals surface area contributed by atoms with E-state index in [0.29, 0.717) is 30.0 Å². The van der Waals surface area contributed by atoms with E-state index in [1.165, 1.54) is 12.1 Å². The summed E-state index contributed by atoms with van der Waals surface area (Å²) in [5, 5.41) is 0. The lowest BCUT2D eigenvalue weighted by atomic mass is 10.1. The zero-order chi connectivity index (χ0) is 23.2. The number of nitrogens with zero attached hydrogens (tertiary/aromatic N) is 1. The first-order valence-corrected chi connectivity index (χ1v) is 10.9. The van der Waals surface area contributed by atoms with Crippen LogP contribution in [0.3, 0.4) is 0 Å². The summed E-state index contributed by atoms with van der Waals surface area (Å²) in [6.45, 7) is 13.7. The molecule has 32 heavy (non-hydrogen) atoms. The number of benzene rings is 2. The van der Waals surface area contributed by atoms with E-state index in [9.17, 15) is 9.18 Å². The van der Waals surface area contributed by atoms with Crippen molar-refractivity contribution < 1.29 is 18.7 Å². The van der Waals surface area contributed by atoms with Gasteiger partial charge in [-0.25, -0.2) is 14.0 Å². The van der Waals surface area contributed by atoms with Gasteiger partial charge in [0.25, 0.3) is 0 Å². The second-order valence-corrected chi connectivity index (χ2v) is 7.60. The van der Waals surface area contributed by atoms with Gasteiger partial charge in [-0.1, -0.05) is 56.5 Å². The molecule has 5 heteroatoms. The first kappa shape index (κ1) is 24.9. The van der Waals surface area contributed by atoms with Crippen LogP contribution < -0.4 is 4.74 Å². The number of esters is 1. The molecule has 0 saturated heterocycles. The maximum Gasteiger partial charge on any atom is 0.333 e. The maximum absolute atomic E-state index is 13.1.